The van der Waals surface area contributed by atoms with E-state index >= 15 is 0 Å². The quantitative estimate of drug-likeness (QED) is 0.632. The molecule has 3 aromatic rings. The van der Waals surface area contributed by atoms with E-state index in [9.17, 15) is 18.4 Å². The number of fused-ring (bicyclic) bond motifs is 1. The first kappa shape index (κ1) is 21.2. The van der Waals surface area contributed by atoms with Crippen LogP contribution in [0.3, 0.4) is 0 Å². The SMILES string of the molecule is Cn1cc(C(=O)N[C@@H]2CCCCC2N2Cc3ccc(-c4nnc(C(F)F)o4)cc3C2=O)cn1. The number of carbonyl (C=O) groups is 2. The van der Waals surface area contributed by atoms with Crippen LogP contribution in [0.1, 0.15) is 64.3 Å². The number of benzene rings is 1. The molecule has 2 atom stereocenters. The van der Waals surface area contributed by atoms with Crippen LogP contribution < -0.4 is 5.32 Å². The maximum absolute atomic E-state index is 13.3. The van der Waals surface area contributed by atoms with E-state index in [0.29, 0.717) is 23.2 Å². The fraction of sp³-hybridized carbons (Fsp3) is 0.409. The lowest BCUT2D eigenvalue weighted by molar-refractivity contribution is 0.0582. The predicted octanol–water partition coefficient (Wildman–Crippen LogP) is 3.10. The molecule has 5 rings (SSSR count). The Kier molecular flexibility index (Phi) is 5.39. The fourth-order valence-corrected chi connectivity index (χ4v) is 4.61. The Morgan fingerprint density at radius 3 is 2.79 bits per heavy atom. The zero-order valence-corrected chi connectivity index (χ0v) is 17.9. The lowest BCUT2D eigenvalue weighted by Gasteiger charge is -2.38. The van der Waals surface area contributed by atoms with Crippen LogP contribution in [0.2, 0.25) is 0 Å². The number of aromatic nitrogens is 4. The smallest absolute Gasteiger partial charge is 0.314 e. The maximum atomic E-state index is 13.3. The zero-order valence-electron chi connectivity index (χ0n) is 17.9. The highest BCUT2D eigenvalue weighted by molar-refractivity contribution is 5.99. The maximum Gasteiger partial charge on any atom is 0.314 e. The van der Waals surface area contributed by atoms with Gasteiger partial charge in [-0.3, -0.25) is 14.3 Å². The lowest BCUT2D eigenvalue weighted by atomic mass is 9.89. The Bertz CT molecular complexity index is 1210. The van der Waals surface area contributed by atoms with Crippen molar-refractivity contribution < 1.29 is 22.8 Å². The largest absolute Gasteiger partial charge is 0.415 e. The molecule has 2 aromatic heterocycles. The van der Waals surface area contributed by atoms with Crippen LogP contribution in [0, 0.1) is 0 Å². The summed E-state index contributed by atoms with van der Waals surface area (Å²) in [6, 6.07) is 4.75. The van der Waals surface area contributed by atoms with Gasteiger partial charge < -0.3 is 14.6 Å². The standard InChI is InChI=1S/C22H22F2N6O3/c1-29-10-14(9-25-29)19(31)26-16-4-2-3-5-17(16)30-11-13-7-6-12(8-15(13)22(30)32)20-27-28-21(33-20)18(23)24/h6-10,16-18H,2-5,11H2,1H3,(H,26,31)/t16-,17?/m1/s1. The summed E-state index contributed by atoms with van der Waals surface area (Å²) in [5.41, 5.74) is 2.20. The van der Waals surface area contributed by atoms with Crippen molar-refractivity contribution >= 4 is 11.8 Å². The Morgan fingerprint density at radius 2 is 2.06 bits per heavy atom. The normalized spacial score (nSPS) is 20.4. The molecule has 1 aliphatic heterocycles. The molecule has 0 radical (unpaired) electrons. The lowest BCUT2D eigenvalue weighted by Crippen LogP contribution is -2.53. The van der Waals surface area contributed by atoms with Crippen molar-refractivity contribution in [3.05, 3.63) is 53.2 Å². The molecule has 0 spiro atoms. The van der Waals surface area contributed by atoms with Crippen molar-refractivity contribution in [2.45, 2.75) is 50.7 Å². The van der Waals surface area contributed by atoms with Gasteiger partial charge in [-0.05, 0) is 30.5 Å². The van der Waals surface area contributed by atoms with Crippen molar-refractivity contribution in [2.75, 3.05) is 0 Å². The molecule has 0 saturated heterocycles. The number of alkyl halides is 2. The van der Waals surface area contributed by atoms with Gasteiger partial charge in [0, 0.05) is 37.0 Å². The average molecular weight is 456 g/mol. The van der Waals surface area contributed by atoms with Gasteiger partial charge in [-0.25, -0.2) is 0 Å². The Morgan fingerprint density at radius 1 is 1.24 bits per heavy atom. The van der Waals surface area contributed by atoms with Gasteiger partial charge in [-0.1, -0.05) is 18.9 Å². The molecule has 3 heterocycles. The van der Waals surface area contributed by atoms with E-state index < -0.39 is 12.3 Å². The van der Waals surface area contributed by atoms with E-state index in [1.54, 1.807) is 41.0 Å². The third kappa shape index (κ3) is 3.98. The van der Waals surface area contributed by atoms with Crippen LogP contribution >= 0.6 is 0 Å². The number of nitrogens with zero attached hydrogens (tertiary/aromatic N) is 5. The third-order valence-electron chi connectivity index (χ3n) is 6.23. The van der Waals surface area contributed by atoms with Crippen molar-refractivity contribution in [1.29, 1.82) is 0 Å². The third-order valence-corrected chi connectivity index (χ3v) is 6.23. The molecule has 9 nitrogen and oxygen atoms in total. The van der Waals surface area contributed by atoms with Gasteiger partial charge in [0.15, 0.2) is 0 Å². The molecule has 33 heavy (non-hydrogen) atoms. The van der Waals surface area contributed by atoms with Crippen LogP contribution in [0.5, 0.6) is 0 Å². The number of nitrogens with one attached hydrogen (secondary N) is 1. The second-order valence-corrected chi connectivity index (χ2v) is 8.39. The van der Waals surface area contributed by atoms with E-state index in [4.69, 9.17) is 4.42 Å². The summed E-state index contributed by atoms with van der Waals surface area (Å²) in [4.78, 5) is 27.8. The number of hydrogen-bond acceptors (Lipinski definition) is 6. The van der Waals surface area contributed by atoms with Gasteiger partial charge in [0.1, 0.15) is 0 Å². The van der Waals surface area contributed by atoms with Gasteiger partial charge in [-0.15, -0.1) is 10.2 Å². The topological polar surface area (TPSA) is 106 Å². The summed E-state index contributed by atoms with van der Waals surface area (Å²) in [6.45, 7) is 0.421. The molecule has 1 unspecified atom stereocenters. The molecule has 2 aliphatic rings. The highest BCUT2D eigenvalue weighted by Gasteiger charge is 2.39. The second kappa shape index (κ2) is 8.38. The molecule has 1 aromatic carbocycles. The average Bonchev–Trinajstić information content (AvgIpc) is 3.53. The highest BCUT2D eigenvalue weighted by atomic mass is 19.3. The van der Waals surface area contributed by atoms with E-state index in [2.05, 4.69) is 20.6 Å². The number of aryl methyl sites for hydroxylation is 1. The number of amides is 2. The first-order chi connectivity index (χ1) is 15.9. The predicted molar refractivity (Wildman–Crippen MR) is 111 cm³/mol. The summed E-state index contributed by atoms with van der Waals surface area (Å²) in [6.07, 6.45) is 3.81. The van der Waals surface area contributed by atoms with Crippen LogP contribution in [0.15, 0.2) is 35.0 Å². The fourth-order valence-electron chi connectivity index (χ4n) is 4.61. The Balaban J connectivity index is 1.35. The van der Waals surface area contributed by atoms with Gasteiger partial charge >= 0.3 is 6.43 Å². The number of rotatable bonds is 5. The van der Waals surface area contributed by atoms with E-state index in [-0.39, 0.29) is 29.8 Å². The van der Waals surface area contributed by atoms with Gasteiger partial charge in [0.05, 0.1) is 17.8 Å². The van der Waals surface area contributed by atoms with Crippen LogP contribution in [0.4, 0.5) is 8.78 Å². The van der Waals surface area contributed by atoms with Crippen molar-refractivity contribution in [1.82, 2.24) is 30.2 Å². The van der Waals surface area contributed by atoms with E-state index in [1.165, 1.54) is 6.20 Å². The summed E-state index contributed by atoms with van der Waals surface area (Å²) in [7, 11) is 1.75. The van der Waals surface area contributed by atoms with E-state index in [0.717, 1.165) is 31.2 Å². The van der Waals surface area contributed by atoms with Crippen LogP contribution in [-0.2, 0) is 13.6 Å². The summed E-state index contributed by atoms with van der Waals surface area (Å²) < 4.78 is 32.2. The minimum absolute atomic E-state index is 0.0568. The number of carbonyl (C=O) groups excluding carboxylic acids is 2. The van der Waals surface area contributed by atoms with Crippen molar-refractivity contribution in [3.63, 3.8) is 0 Å². The molecular weight excluding hydrogens is 434 g/mol. The van der Waals surface area contributed by atoms with Gasteiger partial charge in [-0.2, -0.15) is 13.9 Å². The van der Waals surface area contributed by atoms with Crippen LogP contribution in [-0.4, -0.2) is 48.8 Å². The monoisotopic (exact) mass is 456 g/mol. The molecule has 1 N–H and O–H groups in total. The molecule has 1 aliphatic carbocycles. The number of halogens is 2. The molecule has 172 valence electrons. The molecule has 11 heteroatoms. The van der Waals surface area contributed by atoms with Crippen LogP contribution in [0.25, 0.3) is 11.5 Å². The minimum atomic E-state index is -2.86. The molecular formula is C22H22F2N6O3. The first-order valence-electron chi connectivity index (χ1n) is 10.8. The molecule has 1 saturated carbocycles. The second-order valence-electron chi connectivity index (χ2n) is 8.39. The highest BCUT2D eigenvalue weighted by Crippen LogP contribution is 2.34. The Hall–Kier alpha value is -3.63. The van der Waals surface area contributed by atoms with Gasteiger partial charge in [0.2, 0.25) is 5.89 Å². The first-order valence-corrected chi connectivity index (χ1v) is 10.8. The summed E-state index contributed by atoms with van der Waals surface area (Å²) >= 11 is 0. The zero-order chi connectivity index (χ0) is 23.1. The summed E-state index contributed by atoms with van der Waals surface area (Å²) in [5, 5.41) is 14.1. The summed E-state index contributed by atoms with van der Waals surface area (Å²) in [5.74, 6) is -1.18. The Labute approximate surface area is 187 Å². The van der Waals surface area contributed by atoms with Crippen molar-refractivity contribution in [3.8, 4) is 11.5 Å². The van der Waals surface area contributed by atoms with Crippen molar-refractivity contribution in [2.24, 2.45) is 7.05 Å². The molecule has 2 amide bonds. The molecule has 0 bridgehead atoms. The minimum Gasteiger partial charge on any atom is -0.415 e. The van der Waals surface area contributed by atoms with Gasteiger partial charge in [0.25, 0.3) is 17.7 Å². The number of hydrogen-bond donors (Lipinski definition) is 1. The van der Waals surface area contributed by atoms with E-state index in [1.807, 2.05) is 0 Å². The molecule has 1 fully saturated rings.